The van der Waals surface area contributed by atoms with E-state index in [4.69, 9.17) is 4.52 Å². The first-order valence-corrected chi connectivity index (χ1v) is 7.61. The van der Waals surface area contributed by atoms with Gasteiger partial charge in [-0.05, 0) is 26.0 Å². The van der Waals surface area contributed by atoms with E-state index in [2.05, 4.69) is 10.5 Å². The van der Waals surface area contributed by atoms with Gasteiger partial charge in [-0.15, -0.1) is 0 Å². The molecule has 0 saturated carbocycles. The Labute approximate surface area is 134 Å². The van der Waals surface area contributed by atoms with Crippen molar-refractivity contribution in [3.05, 3.63) is 47.3 Å². The van der Waals surface area contributed by atoms with Crippen LogP contribution in [0.3, 0.4) is 0 Å². The van der Waals surface area contributed by atoms with Gasteiger partial charge in [0, 0.05) is 24.2 Å². The topological polar surface area (TPSA) is 75.4 Å². The summed E-state index contributed by atoms with van der Waals surface area (Å²) in [5.41, 5.74) is 2.40. The van der Waals surface area contributed by atoms with E-state index in [0.717, 1.165) is 16.9 Å². The molecule has 0 aliphatic carbocycles. The van der Waals surface area contributed by atoms with Crippen LogP contribution in [0.4, 0.5) is 5.69 Å². The fraction of sp³-hybridized carbons (Fsp3) is 0.353. The molecule has 1 aromatic carbocycles. The number of hydrogen-bond donors (Lipinski definition) is 1. The summed E-state index contributed by atoms with van der Waals surface area (Å²) in [5, 5.41) is 6.78. The third kappa shape index (κ3) is 3.26. The van der Waals surface area contributed by atoms with Crippen LogP contribution >= 0.6 is 0 Å². The molecule has 1 fully saturated rings. The van der Waals surface area contributed by atoms with E-state index in [1.165, 1.54) is 0 Å². The van der Waals surface area contributed by atoms with E-state index in [9.17, 15) is 9.59 Å². The number of nitrogens with one attached hydrogen (secondary N) is 1. The Kier molecular flexibility index (Phi) is 4.14. The molecule has 0 bridgehead atoms. The van der Waals surface area contributed by atoms with Crippen molar-refractivity contribution in [2.24, 2.45) is 0 Å². The minimum atomic E-state index is -0.171. The van der Waals surface area contributed by atoms with E-state index in [0.29, 0.717) is 18.7 Å². The zero-order valence-electron chi connectivity index (χ0n) is 13.2. The van der Waals surface area contributed by atoms with Gasteiger partial charge in [-0.2, -0.15) is 0 Å². The van der Waals surface area contributed by atoms with Gasteiger partial charge in [0.05, 0.1) is 18.2 Å². The zero-order chi connectivity index (χ0) is 16.4. The second kappa shape index (κ2) is 6.24. The standard InChI is InChI=1S/C17H19N3O3/c1-11-15(12(2)23-19-11)9-16(21)18-13-8-17(22)20(10-13)14-6-4-3-5-7-14/h3-7,13H,8-10H2,1-2H3,(H,18,21)/t13-/m0/s1. The van der Waals surface area contributed by atoms with E-state index < -0.39 is 0 Å². The van der Waals surface area contributed by atoms with Gasteiger partial charge >= 0.3 is 0 Å². The lowest BCUT2D eigenvalue weighted by Gasteiger charge is -2.17. The van der Waals surface area contributed by atoms with Crippen LogP contribution in [-0.2, 0) is 16.0 Å². The van der Waals surface area contributed by atoms with E-state index in [-0.39, 0.29) is 24.3 Å². The number of nitrogens with zero attached hydrogens (tertiary/aromatic N) is 2. The highest BCUT2D eigenvalue weighted by Crippen LogP contribution is 2.21. The molecule has 3 rings (SSSR count). The lowest BCUT2D eigenvalue weighted by molar-refractivity contribution is -0.121. The maximum Gasteiger partial charge on any atom is 0.229 e. The Morgan fingerprint density at radius 3 is 2.74 bits per heavy atom. The van der Waals surface area contributed by atoms with Crippen molar-refractivity contribution in [2.45, 2.75) is 32.7 Å². The fourth-order valence-electron chi connectivity index (χ4n) is 2.86. The van der Waals surface area contributed by atoms with Crippen molar-refractivity contribution in [3.63, 3.8) is 0 Å². The van der Waals surface area contributed by atoms with Gasteiger partial charge in [0.2, 0.25) is 11.8 Å². The third-order valence-corrected chi connectivity index (χ3v) is 4.08. The SMILES string of the molecule is Cc1noc(C)c1CC(=O)N[C@H]1CC(=O)N(c2ccccc2)C1. The lowest BCUT2D eigenvalue weighted by atomic mass is 10.1. The van der Waals surface area contributed by atoms with Gasteiger partial charge in [0.15, 0.2) is 0 Å². The molecule has 1 atom stereocenters. The van der Waals surface area contributed by atoms with Crippen LogP contribution in [0.5, 0.6) is 0 Å². The molecule has 2 amide bonds. The molecule has 1 aliphatic heterocycles. The monoisotopic (exact) mass is 313 g/mol. The molecule has 6 heteroatoms. The van der Waals surface area contributed by atoms with Crippen molar-refractivity contribution in [1.82, 2.24) is 10.5 Å². The number of anilines is 1. The molecule has 2 heterocycles. The highest BCUT2D eigenvalue weighted by Gasteiger charge is 2.31. The normalized spacial score (nSPS) is 17.6. The number of benzene rings is 1. The summed E-state index contributed by atoms with van der Waals surface area (Å²) >= 11 is 0. The van der Waals surface area contributed by atoms with E-state index >= 15 is 0 Å². The van der Waals surface area contributed by atoms with Crippen molar-refractivity contribution < 1.29 is 14.1 Å². The van der Waals surface area contributed by atoms with Gasteiger partial charge in [-0.3, -0.25) is 9.59 Å². The van der Waals surface area contributed by atoms with E-state index in [1.54, 1.807) is 11.8 Å². The van der Waals surface area contributed by atoms with Crippen LogP contribution in [0.2, 0.25) is 0 Å². The highest BCUT2D eigenvalue weighted by atomic mass is 16.5. The average molecular weight is 313 g/mol. The molecular formula is C17H19N3O3. The Morgan fingerprint density at radius 2 is 2.09 bits per heavy atom. The molecule has 120 valence electrons. The van der Waals surface area contributed by atoms with Crippen molar-refractivity contribution in [1.29, 1.82) is 0 Å². The fourth-order valence-corrected chi connectivity index (χ4v) is 2.86. The Bertz CT molecular complexity index is 704. The van der Waals surface area contributed by atoms with Crippen LogP contribution in [0, 0.1) is 13.8 Å². The number of carbonyl (C=O) groups excluding carboxylic acids is 2. The average Bonchev–Trinajstić information content (AvgIpc) is 3.05. The molecular weight excluding hydrogens is 294 g/mol. The molecule has 0 radical (unpaired) electrons. The summed E-state index contributed by atoms with van der Waals surface area (Å²) in [6.07, 6.45) is 0.541. The third-order valence-electron chi connectivity index (χ3n) is 4.08. The first-order valence-electron chi connectivity index (χ1n) is 7.61. The molecule has 1 aliphatic rings. The Balaban J connectivity index is 1.61. The van der Waals surface area contributed by atoms with E-state index in [1.807, 2.05) is 37.3 Å². The largest absolute Gasteiger partial charge is 0.361 e. The number of rotatable bonds is 4. The van der Waals surface area contributed by atoms with Gasteiger partial charge in [-0.25, -0.2) is 0 Å². The summed E-state index contributed by atoms with van der Waals surface area (Å²) < 4.78 is 5.07. The van der Waals surface area contributed by atoms with Crippen LogP contribution in [0.25, 0.3) is 0 Å². The molecule has 0 unspecified atom stereocenters. The minimum absolute atomic E-state index is 0.0267. The van der Waals surface area contributed by atoms with Crippen molar-refractivity contribution >= 4 is 17.5 Å². The molecule has 0 spiro atoms. The highest BCUT2D eigenvalue weighted by molar-refractivity contribution is 5.96. The molecule has 1 N–H and O–H groups in total. The van der Waals surface area contributed by atoms with Crippen LogP contribution < -0.4 is 10.2 Å². The van der Waals surface area contributed by atoms with Crippen LogP contribution in [0.1, 0.15) is 23.4 Å². The molecule has 1 aromatic heterocycles. The molecule has 1 saturated heterocycles. The summed E-state index contributed by atoms with van der Waals surface area (Å²) in [7, 11) is 0. The predicted molar refractivity (Wildman–Crippen MR) is 85.0 cm³/mol. The summed E-state index contributed by atoms with van der Waals surface area (Å²) in [5.74, 6) is 0.567. The second-order valence-electron chi connectivity index (χ2n) is 5.79. The second-order valence-corrected chi connectivity index (χ2v) is 5.79. The van der Waals surface area contributed by atoms with Crippen LogP contribution in [-0.4, -0.2) is 29.6 Å². The number of hydrogen-bond acceptors (Lipinski definition) is 4. The summed E-state index contributed by atoms with van der Waals surface area (Å²) in [4.78, 5) is 26.1. The number of aromatic nitrogens is 1. The van der Waals surface area contributed by atoms with Crippen molar-refractivity contribution in [3.8, 4) is 0 Å². The first kappa shape index (κ1) is 15.3. The summed E-state index contributed by atoms with van der Waals surface area (Å²) in [6, 6.07) is 9.32. The maximum absolute atomic E-state index is 12.2. The number of amides is 2. The van der Waals surface area contributed by atoms with Gasteiger partial charge in [0.25, 0.3) is 0 Å². The van der Waals surface area contributed by atoms with Gasteiger partial charge < -0.3 is 14.7 Å². The maximum atomic E-state index is 12.2. The number of carbonyl (C=O) groups is 2. The first-order chi connectivity index (χ1) is 11.0. The Hall–Kier alpha value is -2.63. The lowest BCUT2D eigenvalue weighted by Crippen LogP contribution is -2.38. The number of para-hydroxylation sites is 1. The molecule has 2 aromatic rings. The van der Waals surface area contributed by atoms with Crippen LogP contribution in [0.15, 0.2) is 34.9 Å². The zero-order valence-corrected chi connectivity index (χ0v) is 13.2. The predicted octanol–water partition coefficient (Wildman–Crippen LogP) is 1.76. The smallest absolute Gasteiger partial charge is 0.229 e. The van der Waals surface area contributed by atoms with Gasteiger partial charge in [0.1, 0.15) is 5.76 Å². The molecule has 23 heavy (non-hydrogen) atoms. The number of aryl methyl sites for hydroxylation is 2. The minimum Gasteiger partial charge on any atom is -0.361 e. The van der Waals surface area contributed by atoms with Crippen molar-refractivity contribution in [2.75, 3.05) is 11.4 Å². The quantitative estimate of drug-likeness (QED) is 0.933. The van der Waals surface area contributed by atoms with Gasteiger partial charge in [-0.1, -0.05) is 23.4 Å². The molecule has 6 nitrogen and oxygen atoms in total. The Morgan fingerprint density at radius 1 is 1.35 bits per heavy atom. The summed E-state index contributed by atoms with van der Waals surface area (Å²) in [6.45, 7) is 4.10.